The van der Waals surface area contributed by atoms with Gasteiger partial charge in [-0.25, -0.2) is 0 Å². The van der Waals surface area contributed by atoms with Crippen LogP contribution in [0.1, 0.15) is 16.7 Å². The predicted molar refractivity (Wildman–Crippen MR) is 106 cm³/mol. The van der Waals surface area contributed by atoms with Gasteiger partial charge in [0.15, 0.2) is 0 Å². The summed E-state index contributed by atoms with van der Waals surface area (Å²) in [7, 11) is 1.50. The van der Waals surface area contributed by atoms with E-state index in [4.69, 9.17) is 4.74 Å². The van der Waals surface area contributed by atoms with Gasteiger partial charge in [-0.05, 0) is 23.3 Å². The van der Waals surface area contributed by atoms with Gasteiger partial charge >= 0.3 is 0 Å². The van der Waals surface area contributed by atoms with Gasteiger partial charge in [0, 0.05) is 5.56 Å². The third-order valence-corrected chi connectivity index (χ3v) is 4.85. The van der Waals surface area contributed by atoms with E-state index < -0.39 is 5.54 Å². The second-order valence-corrected chi connectivity index (χ2v) is 6.37. The van der Waals surface area contributed by atoms with Gasteiger partial charge in [0.1, 0.15) is 17.0 Å². The zero-order valence-corrected chi connectivity index (χ0v) is 14.8. The number of benzene rings is 3. The molecule has 4 rings (SSSR count). The summed E-state index contributed by atoms with van der Waals surface area (Å²) in [6.45, 7) is 0. The lowest BCUT2D eigenvalue weighted by Crippen LogP contribution is -2.36. The number of ether oxygens (including phenoxy) is 1. The summed E-state index contributed by atoms with van der Waals surface area (Å²) in [5.41, 5.74) is 2.51. The van der Waals surface area contributed by atoms with Crippen molar-refractivity contribution in [3.63, 3.8) is 0 Å². The topological polar surface area (TPSA) is 64.4 Å². The van der Waals surface area contributed by atoms with Crippen molar-refractivity contribution in [2.75, 3.05) is 12.4 Å². The Morgan fingerprint density at radius 2 is 1.56 bits per heavy atom. The van der Waals surface area contributed by atoms with E-state index >= 15 is 0 Å². The standard InChI is InChI=1S/C22H18N2O3/c1-27-19-14-16-12-13-22(17-8-4-2-5-9-17,18-10-6-3-7-11-18)23-21(16)20(15-19)24(25)26/h2-15,23H,1H3. The molecule has 5 nitrogen and oxygen atoms in total. The van der Waals surface area contributed by atoms with Crippen LogP contribution >= 0.6 is 0 Å². The molecular weight excluding hydrogens is 340 g/mol. The number of anilines is 1. The molecule has 0 radical (unpaired) electrons. The summed E-state index contributed by atoms with van der Waals surface area (Å²) in [6.07, 6.45) is 3.96. The molecule has 1 aliphatic heterocycles. The first-order valence-electron chi connectivity index (χ1n) is 8.59. The van der Waals surface area contributed by atoms with Crippen molar-refractivity contribution >= 4 is 17.5 Å². The Labute approximate surface area is 157 Å². The number of nitrogens with one attached hydrogen (secondary N) is 1. The van der Waals surface area contributed by atoms with E-state index in [2.05, 4.69) is 5.32 Å². The smallest absolute Gasteiger partial charge is 0.296 e. The average molecular weight is 358 g/mol. The molecule has 0 fully saturated rings. The van der Waals surface area contributed by atoms with Gasteiger partial charge in [0.2, 0.25) is 0 Å². The molecule has 0 atom stereocenters. The fourth-order valence-electron chi connectivity index (χ4n) is 3.51. The van der Waals surface area contributed by atoms with Crippen molar-refractivity contribution in [3.8, 4) is 5.75 Å². The summed E-state index contributed by atoms with van der Waals surface area (Å²) in [5.74, 6) is 0.457. The molecule has 1 N–H and O–H groups in total. The maximum Gasteiger partial charge on any atom is 0.296 e. The maximum absolute atomic E-state index is 11.7. The lowest BCUT2D eigenvalue weighted by molar-refractivity contribution is -0.384. The van der Waals surface area contributed by atoms with Crippen LogP contribution in [0.25, 0.3) is 6.08 Å². The van der Waals surface area contributed by atoms with Crippen molar-refractivity contribution in [1.82, 2.24) is 0 Å². The quantitative estimate of drug-likeness (QED) is 0.527. The monoisotopic (exact) mass is 358 g/mol. The van der Waals surface area contributed by atoms with Gasteiger partial charge < -0.3 is 10.1 Å². The molecule has 0 saturated carbocycles. The zero-order chi connectivity index (χ0) is 18.9. The van der Waals surface area contributed by atoms with E-state index in [0.29, 0.717) is 11.4 Å². The van der Waals surface area contributed by atoms with E-state index in [1.165, 1.54) is 13.2 Å². The van der Waals surface area contributed by atoms with Crippen molar-refractivity contribution in [2.45, 2.75) is 5.54 Å². The molecule has 3 aromatic rings. The Hall–Kier alpha value is -3.60. The van der Waals surface area contributed by atoms with E-state index in [-0.39, 0.29) is 10.6 Å². The summed E-state index contributed by atoms with van der Waals surface area (Å²) >= 11 is 0. The number of nitro groups is 1. The lowest BCUT2D eigenvalue weighted by Gasteiger charge is -2.37. The predicted octanol–water partition coefficient (Wildman–Crippen LogP) is 4.99. The average Bonchev–Trinajstić information content (AvgIpc) is 2.73. The molecule has 0 amide bonds. The van der Waals surface area contributed by atoms with Crippen LogP contribution in [0, 0.1) is 10.1 Å². The highest BCUT2D eigenvalue weighted by Gasteiger charge is 2.37. The highest BCUT2D eigenvalue weighted by molar-refractivity contribution is 5.83. The molecule has 0 aliphatic carbocycles. The molecule has 0 unspecified atom stereocenters. The number of nitrogens with zero attached hydrogens (tertiary/aromatic N) is 1. The number of rotatable bonds is 4. The first-order chi connectivity index (χ1) is 13.1. The molecule has 1 aliphatic rings. The molecule has 27 heavy (non-hydrogen) atoms. The normalized spacial score (nSPS) is 14.1. The van der Waals surface area contributed by atoms with Crippen LogP contribution in [-0.2, 0) is 5.54 Å². The summed E-state index contributed by atoms with van der Waals surface area (Å²) in [6, 6.07) is 23.1. The van der Waals surface area contributed by atoms with Gasteiger partial charge in [-0.2, -0.15) is 0 Å². The fourth-order valence-corrected chi connectivity index (χ4v) is 3.51. The van der Waals surface area contributed by atoms with Crippen LogP contribution < -0.4 is 10.1 Å². The van der Waals surface area contributed by atoms with E-state index in [0.717, 1.165) is 16.7 Å². The summed E-state index contributed by atoms with van der Waals surface area (Å²) in [5, 5.41) is 15.2. The largest absolute Gasteiger partial charge is 0.496 e. The number of hydrogen-bond donors (Lipinski definition) is 1. The molecule has 3 aromatic carbocycles. The zero-order valence-electron chi connectivity index (χ0n) is 14.8. The highest BCUT2D eigenvalue weighted by atomic mass is 16.6. The van der Waals surface area contributed by atoms with E-state index in [1.807, 2.05) is 72.8 Å². The van der Waals surface area contributed by atoms with Gasteiger partial charge in [0.25, 0.3) is 5.69 Å². The lowest BCUT2D eigenvalue weighted by atomic mass is 9.79. The van der Waals surface area contributed by atoms with Crippen LogP contribution in [0.3, 0.4) is 0 Å². The minimum atomic E-state index is -0.700. The van der Waals surface area contributed by atoms with Crippen LogP contribution in [0.15, 0.2) is 78.9 Å². The Bertz CT molecular complexity index is 975. The minimum absolute atomic E-state index is 0.00932. The van der Waals surface area contributed by atoms with Gasteiger partial charge in [-0.1, -0.05) is 66.7 Å². The van der Waals surface area contributed by atoms with Crippen LogP contribution in [0.2, 0.25) is 0 Å². The van der Waals surface area contributed by atoms with Crippen molar-refractivity contribution < 1.29 is 9.66 Å². The molecule has 0 bridgehead atoms. The van der Waals surface area contributed by atoms with Crippen LogP contribution in [-0.4, -0.2) is 12.0 Å². The van der Waals surface area contributed by atoms with Crippen LogP contribution in [0.4, 0.5) is 11.4 Å². The molecule has 0 spiro atoms. The van der Waals surface area contributed by atoms with Gasteiger partial charge in [-0.15, -0.1) is 0 Å². The van der Waals surface area contributed by atoms with Crippen molar-refractivity contribution in [1.29, 1.82) is 0 Å². The first-order valence-corrected chi connectivity index (χ1v) is 8.59. The molecule has 1 heterocycles. The first kappa shape index (κ1) is 16.8. The maximum atomic E-state index is 11.7. The number of nitro benzene ring substituents is 1. The third-order valence-electron chi connectivity index (χ3n) is 4.85. The van der Waals surface area contributed by atoms with E-state index in [9.17, 15) is 10.1 Å². The number of fused-ring (bicyclic) bond motifs is 1. The Morgan fingerprint density at radius 1 is 0.963 bits per heavy atom. The molecule has 0 aromatic heterocycles. The second kappa shape index (κ2) is 6.61. The Morgan fingerprint density at radius 3 is 2.07 bits per heavy atom. The SMILES string of the molecule is COc1cc2c(c([N+](=O)[O-])c1)NC(c1ccccc1)(c1ccccc1)C=C2. The van der Waals surface area contributed by atoms with E-state index in [1.54, 1.807) is 6.07 Å². The molecule has 0 saturated heterocycles. The molecule has 134 valence electrons. The number of methoxy groups -OCH3 is 1. The fraction of sp³-hybridized carbons (Fsp3) is 0.0909. The van der Waals surface area contributed by atoms with Crippen molar-refractivity contribution in [2.24, 2.45) is 0 Å². The van der Waals surface area contributed by atoms with Gasteiger partial charge in [-0.3, -0.25) is 10.1 Å². The Kier molecular flexibility index (Phi) is 4.12. The minimum Gasteiger partial charge on any atom is -0.496 e. The summed E-state index contributed by atoms with van der Waals surface area (Å²) < 4.78 is 5.23. The second-order valence-electron chi connectivity index (χ2n) is 6.37. The van der Waals surface area contributed by atoms with Crippen LogP contribution in [0.5, 0.6) is 5.75 Å². The molecular formula is C22H18N2O3. The third kappa shape index (κ3) is 2.83. The Balaban J connectivity index is 1.96. The number of hydrogen-bond acceptors (Lipinski definition) is 4. The summed E-state index contributed by atoms with van der Waals surface area (Å²) in [4.78, 5) is 11.3. The van der Waals surface area contributed by atoms with Gasteiger partial charge in [0.05, 0.1) is 18.1 Å². The highest BCUT2D eigenvalue weighted by Crippen LogP contribution is 2.45. The molecule has 5 heteroatoms. The van der Waals surface area contributed by atoms with Crippen molar-refractivity contribution in [3.05, 3.63) is 106 Å².